The minimum atomic E-state index is 0.548. The van der Waals surface area contributed by atoms with Gasteiger partial charge < -0.3 is 5.32 Å². The van der Waals surface area contributed by atoms with Crippen molar-refractivity contribution in [2.45, 2.75) is 21.6 Å². The summed E-state index contributed by atoms with van der Waals surface area (Å²) in [6, 6.07) is 15.4. The lowest BCUT2D eigenvalue weighted by molar-refractivity contribution is 0.925. The highest BCUT2D eigenvalue weighted by molar-refractivity contribution is 7.98. The van der Waals surface area contributed by atoms with Gasteiger partial charge in [0, 0.05) is 34.0 Å². The first-order valence-corrected chi connectivity index (χ1v) is 11.8. The number of thioether (sulfide) groups is 2. The molecular formula is C21H18Cl3N3S2. The van der Waals surface area contributed by atoms with Crippen molar-refractivity contribution in [1.29, 1.82) is 0 Å². The van der Waals surface area contributed by atoms with Crippen LogP contribution in [-0.2, 0) is 11.5 Å². The topological polar surface area (TPSA) is 37.8 Å². The van der Waals surface area contributed by atoms with Crippen LogP contribution >= 0.6 is 58.3 Å². The van der Waals surface area contributed by atoms with Gasteiger partial charge in [0.25, 0.3) is 0 Å². The zero-order valence-corrected chi connectivity index (χ0v) is 19.3. The van der Waals surface area contributed by atoms with Gasteiger partial charge in [-0.2, -0.15) is 0 Å². The van der Waals surface area contributed by atoms with E-state index in [0.717, 1.165) is 32.7 Å². The molecular weight excluding hydrogens is 465 g/mol. The number of anilines is 1. The van der Waals surface area contributed by atoms with Crippen LogP contribution in [0.25, 0.3) is 0 Å². The molecule has 0 amide bonds. The van der Waals surface area contributed by atoms with Crippen LogP contribution in [0.2, 0.25) is 15.1 Å². The Morgan fingerprint density at radius 3 is 2.41 bits per heavy atom. The van der Waals surface area contributed by atoms with Gasteiger partial charge in [-0.25, -0.2) is 9.97 Å². The Morgan fingerprint density at radius 2 is 1.69 bits per heavy atom. The van der Waals surface area contributed by atoms with E-state index in [9.17, 15) is 0 Å². The molecule has 1 N–H and O–H groups in total. The van der Waals surface area contributed by atoms with Crippen molar-refractivity contribution in [3.05, 3.63) is 87.5 Å². The standard InChI is InChI=1S/C21H18Cl3N3S2/c1-2-9-25-20-11-16(13-28-17-6-4-15(22)5-7-17)26-21(27-20)29-12-14-3-8-18(23)19(24)10-14/h2-8,10-11H,1,9,12-13H2,(H,25,26,27). The van der Waals surface area contributed by atoms with Gasteiger partial charge in [0.05, 0.1) is 15.7 Å². The lowest BCUT2D eigenvalue weighted by Crippen LogP contribution is -2.04. The second-order valence-electron chi connectivity index (χ2n) is 5.98. The Hall–Kier alpha value is -1.37. The van der Waals surface area contributed by atoms with Gasteiger partial charge in [0.2, 0.25) is 0 Å². The van der Waals surface area contributed by atoms with E-state index in [-0.39, 0.29) is 0 Å². The molecule has 0 saturated carbocycles. The summed E-state index contributed by atoms with van der Waals surface area (Å²) >= 11 is 21.3. The maximum Gasteiger partial charge on any atom is 0.190 e. The highest BCUT2D eigenvalue weighted by Gasteiger charge is 2.08. The number of nitrogens with one attached hydrogen (secondary N) is 1. The number of hydrogen-bond donors (Lipinski definition) is 1. The predicted molar refractivity (Wildman–Crippen MR) is 128 cm³/mol. The lowest BCUT2D eigenvalue weighted by Gasteiger charge is -2.09. The highest BCUT2D eigenvalue weighted by atomic mass is 35.5. The summed E-state index contributed by atoms with van der Waals surface area (Å²) in [5.74, 6) is 2.21. The molecule has 0 atom stereocenters. The number of benzene rings is 2. The lowest BCUT2D eigenvalue weighted by atomic mass is 10.2. The average molecular weight is 483 g/mol. The third kappa shape index (κ3) is 7.12. The summed E-state index contributed by atoms with van der Waals surface area (Å²) in [6.07, 6.45) is 1.80. The van der Waals surface area contributed by atoms with Crippen LogP contribution in [0.3, 0.4) is 0 Å². The maximum atomic E-state index is 6.11. The van der Waals surface area contributed by atoms with Crippen molar-refractivity contribution < 1.29 is 0 Å². The third-order valence-corrected chi connectivity index (χ3v) is 6.69. The summed E-state index contributed by atoms with van der Waals surface area (Å²) in [4.78, 5) is 10.4. The van der Waals surface area contributed by atoms with Gasteiger partial charge in [0.1, 0.15) is 5.82 Å². The van der Waals surface area contributed by atoms with Crippen LogP contribution in [0.4, 0.5) is 5.82 Å². The largest absolute Gasteiger partial charge is 0.366 e. The Labute approximate surface area is 194 Å². The summed E-state index contributed by atoms with van der Waals surface area (Å²) in [6.45, 7) is 4.38. The molecule has 1 aromatic heterocycles. The van der Waals surface area contributed by atoms with E-state index in [2.05, 4.69) is 16.9 Å². The number of hydrogen-bond acceptors (Lipinski definition) is 5. The van der Waals surface area contributed by atoms with Crippen molar-refractivity contribution >= 4 is 64.1 Å². The fourth-order valence-electron chi connectivity index (χ4n) is 2.34. The molecule has 3 rings (SSSR count). The molecule has 0 aliphatic rings. The Morgan fingerprint density at radius 1 is 0.897 bits per heavy atom. The molecule has 150 valence electrons. The normalized spacial score (nSPS) is 10.7. The number of rotatable bonds is 9. The smallest absolute Gasteiger partial charge is 0.190 e. The van der Waals surface area contributed by atoms with E-state index >= 15 is 0 Å². The van der Waals surface area contributed by atoms with Gasteiger partial charge in [-0.05, 0) is 42.0 Å². The van der Waals surface area contributed by atoms with E-state index in [1.165, 1.54) is 0 Å². The number of halogens is 3. The first-order chi connectivity index (χ1) is 14.0. The fourth-order valence-corrected chi connectivity index (χ4v) is 4.40. The first kappa shape index (κ1) is 22.3. The molecule has 8 heteroatoms. The Kier molecular flexibility index (Phi) is 8.57. The first-order valence-electron chi connectivity index (χ1n) is 8.71. The fraction of sp³-hybridized carbons (Fsp3) is 0.143. The monoisotopic (exact) mass is 481 g/mol. The van der Waals surface area contributed by atoms with Gasteiger partial charge in [-0.3, -0.25) is 0 Å². The summed E-state index contributed by atoms with van der Waals surface area (Å²) < 4.78 is 0. The van der Waals surface area contributed by atoms with Crippen molar-refractivity contribution in [2.75, 3.05) is 11.9 Å². The quantitative estimate of drug-likeness (QED) is 0.193. The zero-order valence-electron chi connectivity index (χ0n) is 15.4. The van der Waals surface area contributed by atoms with E-state index in [1.807, 2.05) is 42.5 Å². The van der Waals surface area contributed by atoms with Crippen molar-refractivity contribution in [3.63, 3.8) is 0 Å². The summed E-state index contributed by atoms with van der Waals surface area (Å²) in [5.41, 5.74) is 2.01. The molecule has 0 aliphatic carbocycles. The Bertz CT molecular complexity index is 981. The second kappa shape index (κ2) is 11.1. The molecule has 2 aromatic carbocycles. The van der Waals surface area contributed by atoms with Crippen molar-refractivity contribution in [2.24, 2.45) is 0 Å². The Balaban J connectivity index is 1.72. The number of nitrogens with zero attached hydrogens (tertiary/aromatic N) is 2. The molecule has 0 aliphatic heterocycles. The van der Waals surface area contributed by atoms with Crippen LogP contribution < -0.4 is 5.32 Å². The van der Waals surface area contributed by atoms with E-state index in [4.69, 9.17) is 39.8 Å². The van der Waals surface area contributed by atoms with Gasteiger partial charge in [-0.15, -0.1) is 18.3 Å². The van der Waals surface area contributed by atoms with E-state index in [1.54, 1.807) is 35.7 Å². The summed E-state index contributed by atoms with van der Waals surface area (Å²) in [5, 5.41) is 5.78. The maximum absolute atomic E-state index is 6.11. The van der Waals surface area contributed by atoms with Crippen LogP contribution in [0.5, 0.6) is 0 Å². The minimum Gasteiger partial charge on any atom is -0.366 e. The SMILES string of the molecule is C=CCNc1cc(CSc2ccc(Cl)cc2)nc(SCc2ccc(Cl)c(Cl)c2)n1. The zero-order chi connectivity index (χ0) is 20.6. The van der Waals surface area contributed by atoms with Crippen LogP contribution in [0, 0.1) is 0 Å². The molecule has 0 radical (unpaired) electrons. The van der Waals surface area contributed by atoms with Crippen LogP contribution in [0.15, 0.2) is 71.2 Å². The van der Waals surface area contributed by atoms with E-state index < -0.39 is 0 Å². The summed E-state index contributed by atoms with van der Waals surface area (Å²) in [7, 11) is 0. The molecule has 0 fully saturated rings. The van der Waals surface area contributed by atoms with Gasteiger partial charge >= 0.3 is 0 Å². The predicted octanol–water partition coefficient (Wildman–Crippen LogP) is 7.62. The molecule has 3 aromatic rings. The minimum absolute atomic E-state index is 0.548. The number of aromatic nitrogens is 2. The molecule has 0 saturated heterocycles. The third-order valence-electron chi connectivity index (χ3n) is 3.74. The molecule has 0 unspecified atom stereocenters. The van der Waals surface area contributed by atoms with Gasteiger partial charge in [0.15, 0.2) is 5.16 Å². The average Bonchev–Trinajstić information content (AvgIpc) is 2.72. The second-order valence-corrected chi connectivity index (χ2v) is 9.22. The molecule has 0 bridgehead atoms. The van der Waals surface area contributed by atoms with Gasteiger partial charge in [-0.1, -0.05) is 58.7 Å². The van der Waals surface area contributed by atoms with E-state index in [0.29, 0.717) is 27.5 Å². The van der Waals surface area contributed by atoms with Crippen molar-refractivity contribution in [3.8, 4) is 0 Å². The highest BCUT2D eigenvalue weighted by Crippen LogP contribution is 2.29. The van der Waals surface area contributed by atoms with Crippen LogP contribution in [-0.4, -0.2) is 16.5 Å². The van der Waals surface area contributed by atoms with Crippen LogP contribution in [0.1, 0.15) is 11.3 Å². The molecule has 3 nitrogen and oxygen atoms in total. The molecule has 29 heavy (non-hydrogen) atoms. The molecule has 0 spiro atoms. The van der Waals surface area contributed by atoms with Crippen molar-refractivity contribution in [1.82, 2.24) is 9.97 Å². The molecule has 1 heterocycles.